The third-order valence-electron chi connectivity index (χ3n) is 6.10. The maximum Gasteiger partial charge on any atom is 0.471 e. The van der Waals surface area contributed by atoms with Crippen LogP contribution in [0.1, 0.15) is 23.6 Å². The third-order valence-corrected chi connectivity index (χ3v) is 6.10. The van der Waals surface area contributed by atoms with E-state index in [1.807, 2.05) is 36.2 Å². The Kier molecular flexibility index (Phi) is 3.16. The highest BCUT2D eigenvalue weighted by Gasteiger charge is 2.66. The molecule has 0 aromatic heterocycles. The molecule has 5 rings (SSSR count). The summed E-state index contributed by atoms with van der Waals surface area (Å²) in [5.74, 6) is -1.25. The van der Waals surface area contributed by atoms with E-state index in [0.29, 0.717) is 17.7 Å². The number of rotatable bonds is 0. The molecule has 7 heteroatoms. The average Bonchev–Trinajstić information content (AvgIpc) is 3.16. The van der Waals surface area contributed by atoms with Gasteiger partial charge in [-0.25, -0.2) is 0 Å². The second-order valence-corrected chi connectivity index (χ2v) is 7.33. The molecule has 1 fully saturated rings. The molecule has 3 aliphatic rings. The number of anilines is 1. The fourth-order valence-corrected chi connectivity index (χ4v) is 5.11. The van der Waals surface area contributed by atoms with Gasteiger partial charge in [0.05, 0.1) is 11.5 Å². The summed E-state index contributed by atoms with van der Waals surface area (Å²) in [4.78, 5) is 15.2. The van der Waals surface area contributed by atoms with Crippen LogP contribution in [0.2, 0.25) is 0 Å². The number of amides is 1. The van der Waals surface area contributed by atoms with Gasteiger partial charge in [-0.3, -0.25) is 4.79 Å². The van der Waals surface area contributed by atoms with Gasteiger partial charge in [0.1, 0.15) is 5.75 Å². The van der Waals surface area contributed by atoms with Crippen molar-refractivity contribution in [3.63, 3.8) is 0 Å². The lowest BCUT2D eigenvalue weighted by atomic mass is 9.70. The van der Waals surface area contributed by atoms with E-state index in [-0.39, 0.29) is 6.54 Å². The molecule has 2 aromatic carbocycles. The summed E-state index contributed by atoms with van der Waals surface area (Å²) in [7, 11) is 1.89. The molecule has 0 N–H and O–H groups in total. The van der Waals surface area contributed by atoms with Crippen LogP contribution in [-0.4, -0.2) is 36.8 Å². The molecule has 0 radical (unpaired) electrons. The number of hydrogen-bond donors (Lipinski definition) is 0. The standard InChI is InChI=1S/C20H17F3N2O2/c1-24-14-8-4-3-7-13(14)19-10-11-25(17(26)20(21,22)23)16(19)12-6-2-5-9-15(12)27-18(19)24/h2-9,16,18H,10-11H2,1H3. The molecule has 1 spiro atoms. The predicted molar refractivity (Wildman–Crippen MR) is 92.5 cm³/mol. The number of hydrogen-bond acceptors (Lipinski definition) is 3. The van der Waals surface area contributed by atoms with Crippen molar-refractivity contribution in [2.24, 2.45) is 0 Å². The first-order valence-corrected chi connectivity index (χ1v) is 8.81. The molecule has 3 unspecified atom stereocenters. The highest BCUT2D eigenvalue weighted by molar-refractivity contribution is 5.84. The summed E-state index contributed by atoms with van der Waals surface area (Å²) in [6, 6.07) is 14.0. The molecule has 140 valence electrons. The average molecular weight is 374 g/mol. The van der Waals surface area contributed by atoms with E-state index in [2.05, 4.69) is 0 Å². The quantitative estimate of drug-likeness (QED) is 0.706. The van der Waals surface area contributed by atoms with E-state index in [9.17, 15) is 18.0 Å². The van der Waals surface area contributed by atoms with Crippen molar-refractivity contribution >= 4 is 11.6 Å². The number of carbonyl (C=O) groups is 1. The van der Waals surface area contributed by atoms with Crippen molar-refractivity contribution in [2.45, 2.75) is 30.3 Å². The first-order chi connectivity index (χ1) is 12.9. The monoisotopic (exact) mass is 374 g/mol. The summed E-state index contributed by atoms with van der Waals surface area (Å²) in [5.41, 5.74) is 1.78. The topological polar surface area (TPSA) is 32.8 Å². The fourth-order valence-electron chi connectivity index (χ4n) is 5.11. The first kappa shape index (κ1) is 16.5. The van der Waals surface area contributed by atoms with Crippen molar-refractivity contribution in [1.29, 1.82) is 0 Å². The minimum atomic E-state index is -4.90. The van der Waals surface area contributed by atoms with Crippen LogP contribution in [0.4, 0.5) is 18.9 Å². The van der Waals surface area contributed by atoms with Crippen molar-refractivity contribution in [3.8, 4) is 5.75 Å². The van der Waals surface area contributed by atoms with Crippen LogP contribution in [0.15, 0.2) is 48.5 Å². The molecule has 2 aromatic rings. The van der Waals surface area contributed by atoms with Crippen molar-refractivity contribution in [1.82, 2.24) is 4.90 Å². The molecule has 0 saturated carbocycles. The number of carbonyl (C=O) groups excluding carboxylic acids is 1. The maximum absolute atomic E-state index is 13.3. The Bertz CT molecular complexity index is 945. The van der Waals surface area contributed by atoms with E-state index in [4.69, 9.17) is 4.74 Å². The lowest BCUT2D eigenvalue weighted by molar-refractivity contribution is -0.187. The molecule has 3 atom stereocenters. The third kappa shape index (κ3) is 1.97. The molecule has 27 heavy (non-hydrogen) atoms. The molecular weight excluding hydrogens is 357 g/mol. The molecule has 1 saturated heterocycles. The molecule has 3 aliphatic heterocycles. The van der Waals surface area contributed by atoms with Gasteiger partial charge in [0, 0.05) is 24.8 Å². The zero-order valence-corrected chi connectivity index (χ0v) is 14.5. The van der Waals surface area contributed by atoms with Crippen molar-refractivity contribution in [2.75, 3.05) is 18.5 Å². The second-order valence-electron chi connectivity index (χ2n) is 7.33. The van der Waals surface area contributed by atoms with E-state index in [0.717, 1.165) is 16.2 Å². The van der Waals surface area contributed by atoms with E-state index in [1.165, 1.54) is 0 Å². The van der Waals surface area contributed by atoms with E-state index in [1.54, 1.807) is 24.3 Å². The summed E-state index contributed by atoms with van der Waals surface area (Å²) in [6.07, 6.45) is -4.95. The number of halogens is 3. The second kappa shape index (κ2) is 5.18. The maximum atomic E-state index is 13.3. The van der Waals surface area contributed by atoms with Gasteiger partial charge in [-0.1, -0.05) is 36.4 Å². The highest BCUT2D eigenvalue weighted by atomic mass is 19.4. The lowest BCUT2D eigenvalue weighted by Gasteiger charge is -2.45. The van der Waals surface area contributed by atoms with Crippen LogP contribution in [0.3, 0.4) is 0 Å². The van der Waals surface area contributed by atoms with E-state index < -0.39 is 29.8 Å². The Morgan fingerprint density at radius 3 is 2.63 bits per heavy atom. The highest BCUT2D eigenvalue weighted by Crippen LogP contribution is 2.62. The van der Waals surface area contributed by atoms with Crippen LogP contribution >= 0.6 is 0 Å². The number of fused-ring (bicyclic) bond motifs is 3. The summed E-state index contributed by atoms with van der Waals surface area (Å²) < 4.78 is 46.2. The first-order valence-electron chi connectivity index (χ1n) is 8.81. The van der Waals surface area contributed by atoms with Gasteiger partial charge in [0.25, 0.3) is 0 Å². The Hall–Kier alpha value is -2.70. The number of ether oxygens (including phenoxy) is 1. The van der Waals surface area contributed by atoms with Gasteiger partial charge < -0.3 is 14.5 Å². The Labute approximate surface area is 154 Å². The van der Waals surface area contributed by atoms with Crippen LogP contribution in [0.5, 0.6) is 5.75 Å². The zero-order chi connectivity index (χ0) is 19.0. The fraction of sp³-hybridized carbons (Fsp3) is 0.350. The number of likely N-dealkylation sites (N-methyl/N-ethyl adjacent to an activating group) is 1. The Balaban J connectivity index is 1.76. The summed E-state index contributed by atoms with van der Waals surface area (Å²) in [6.45, 7) is 0.0411. The zero-order valence-electron chi connectivity index (χ0n) is 14.5. The smallest absolute Gasteiger partial charge is 0.469 e. The molecule has 1 amide bonds. The van der Waals surface area contributed by atoms with Crippen LogP contribution in [0, 0.1) is 0 Å². The van der Waals surface area contributed by atoms with Gasteiger partial charge in [-0.05, 0) is 24.1 Å². The van der Waals surface area contributed by atoms with Gasteiger partial charge in [0.15, 0.2) is 6.23 Å². The minimum Gasteiger partial charge on any atom is -0.469 e. The molecule has 0 bridgehead atoms. The van der Waals surface area contributed by atoms with Gasteiger partial charge in [-0.15, -0.1) is 0 Å². The molecule has 3 heterocycles. The molecule has 0 aliphatic carbocycles. The van der Waals surface area contributed by atoms with Crippen LogP contribution in [0.25, 0.3) is 0 Å². The van der Waals surface area contributed by atoms with Gasteiger partial charge in [0.2, 0.25) is 0 Å². The lowest BCUT2D eigenvalue weighted by Crippen LogP contribution is -2.54. The van der Waals surface area contributed by atoms with Crippen LogP contribution < -0.4 is 9.64 Å². The number of likely N-dealkylation sites (tertiary alicyclic amines) is 1. The van der Waals surface area contributed by atoms with E-state index >= 15 is 0 Å². The summed E-state index contributed by atoms with van der Waals surface area (Å²) in [5, 5.41) is 0. The van der Waals surface area contributed by atoms with Crippen LogP contribution in [-0.2, 0) is 10.2 Å². The Morgan fingerprint density at radius 1 is 1.15 bits per heavy atom. The number of para-hydroxylation sites is 2. The largest absolute Gasteiger partial charge is 0.471 e. The Morgan fingerprint density at radius 2 is 1.85 bits per heavy atom. The van der Waals surface area contributed by atoms with Crippen molar-refractivity contribution in [3.05, 3.63) is 59.7 Å². The SMILES string of the molecule is CN1c2ccccc2C23CCN(C(=O)C(F)(F)F)C2c2ccccc2OC13. The normalized spacial score (nSPS) is 28.1. The molecule has 4 nitrogen and oxygen atoms in total. The molecular formula is C20H17F3N2O2. The van der Waals surface area contributed by atoms with Gasteiger partial charge in [-0.2, -0.15) is 13.2 Å². The predicted octanol–water partition coefficient (Wildman–Crippen LogP) is 3.63. The van der Waals surface area contributed by atoms with Crippen molar-refractivity contribution < 1.29 is 22.7 Å². The number of benzene rings is 2. The number of alkyl halides is 3. The van der Waals surface area contributed by atoms with Gasteiger partial charge >= 0.3 is 12.1 Å². The number of nitrogens with zero attached hydrogens (tertiary/aromatic N) is 2. The minimum absolute atomic E-state index is 0.0411. The summed E-state index contributed by atoms with van der Waals surface area (Å²) >= 11 is 0.